The largest absolute Gasteiger partial charge is 0.465 e. The molecule has 0 radical (unpaired) electrons. The van der Waals surface area contributed by atoms with Crippen LogP contribution in [0.1, 0.15) is 23.4 Å². The van der Waals surface area contributed by atoms with Crippen molar-refractivity contribution >= 4 is 29.1 Å². The Kier molecular flexibility index (Phi) is 4.81. The van der Waals surface area contributed by atoms with Crippen LogP contribution in [0, 0.1) is 11.8 Å². The lowest BCUT2D eigenvalue weighted by molar-refractivity contribution is -0.156. The summed E-state index contributed by atoms with van der Waals surface area (Å²) in [5.41, 5.74) is -0.378. The van der Waals surface area contributed by atoms with E-state index in [-0.39, 0.29) is 24.8 Å². The number of benzene rings is 1. The predicted molar refractivity (Wildman–Crippen MR) is 104 cm³/mol. The topological polar surface area (TPSA) is 75.7 Å². The lowest BCUT2D eigenvalue weighted by Crippen LogP contribution is -2.57. The number of likely N-dealkylation sites (tertiary alicyclic amines) is 1. The summed E-state index contributed by atoms with van der Waals surface area (Å²) in [7, 11) is 1.49. The zero-order chi connectivity index (χ0) is 19.9. The third-order valence-corrected chi connectivity index (χ3v) is 6.65. The molecule has 7 heteroatoms. The number of ether oxygens (including phenoxy) is 1. The Labute approximate surface area is 167 Å². The van der Waals surface area contributed by atoms with Crippen LogP contribution in [0.3, 0.4) is 0 Å². The third-order valence-electron chi connectivity index (χ3n) is 5.69. The second kappa shape index (κ2) is 7.14. The molecule has 28 heavy (non-hydrogen) atoms. The van der Waals surface area contributed by atoms with Crippen LogP contribution >= 0.6 is 11.3 Å². The van der Waals surface area contributed by atoms with E-state index in [0.29, 0.717) is 0 Å². The molecule has 2 saturated heterocycles. The van der Waals surface area contributed by atoms with Gasteiger partial charge in [0.15, 0.2) is 0 Å². The number of carbonyl (C=O) groups excluding carboxylic acids is 3. The summed E-state index contributed by atoms with van der Waals surface area (Å²) >= 11 is 1.51. The standard InChI is InChI=1S/C21H22N2O4S/c1-3-27-20(26)21(12-13-8-5-4-6-9-13)16-15(18(24)23(2)19(16)25)17(22-21)14-10-7-11-28-14/h4-11,15-17,22H,3,12H2,1-2H3/t15-,16-,17-,21-/m1/s1. The molecule has 1 aromatic heterocycles. The molecular weight excluding hydrogens is 376 g/mol. The number of rotatable bonds is 5. The zero-order valence-electron chi connectivity index (χ0n) is 15.8. The Morgan fingerprint density at radius 1 is 1.18 bits per heavy atom. The number of imide groups is 1. The van der Waals surface area contributed by atoms with E-state index in [1.54, 1.807) is 6.92 Å². The Bertz CT molecular complexity index is 898. The van der Waals surface area contributed by atoms with Crippen LogP contribution in [0.5, 0.6) is 0 Å². The van der Waals surface area contributed by atoms with Crippen LogP contribution in [0.2, 0.25) is 0 Å². The molecule has 0 aliphatic carbocycles. The summed E-state index contributed by atoms with van der Waals surface area (Å²) in [6, 6.07) is 13.0. The summed E-state index contributed by atoms with van der Waals surface area (Å²) in [4.78, 5) is 41.4. The molecule has 1 aromatic carbocycles. The van der Waals surface area contributed by atoms with Crippen molar-refractivity contribution < 1.29 is 19.1 Å². The Hall–Kier alpha value is -2.51. The lowest BCUT2D eigenvalue weighted by Gasteiger charge is -2.32. The number of hydrogen-bond acceptors (Lipinski definition) is 6. The van der Waals surface area contributed by atoms with Crippen LogP contribution in [0.4, 0.5) is 0 Å². The number of nitrogens with one attached hydrogen (secondary N) is 1. The Morgan fingerprint density at radius 3 is 2.57 bits per heavy atom. The molecule has 0 unspecified atom stereocenters. The summed E-state index contributed by atoms with van der Waals surface area (Å²) in [5, 5.41) is 5.32. The van der Waals surface area contributed by atoms with Gasteiger partial charge in [-0.05, 0) is 23.9 Å². The first-order valence-electron chi connectivity index (χ1n) is 9.33. The highest BCUT2D eigenvalue weighted by Gasteiger charge is 2.68. The first-order chi connectivity index (χ1) is 13.5. The number of fused-ring (bicyclic) bond motifs is 1. The summed E-state index contributed by atoms with van der Waals surface area (Å²) in [5.74, 6) is -2.48. The highest BCUT2D eigenvalue weighted by atomic mass is 32.1. The third kappa shape index (κ3) is 2.77. The number of thiophene rings is 1. The van der Waals surface area contributed by atoms with E-state index in [1.807, 2.05) is 47.8 Å². The first kappa shape index (κ1) is 18.8. The van der Waals surface area contributed by atoms with Gasteiger partial charge in [0.25, 0.3) is 0 Å². The van der Waals surface area contributed by atoms with Gasteiger partial charge >= 0.3 is 5.97 Å². The molecule has 2 amide bonds. The summed E-state index contributed by atoms with van der Waals surface area (Å²) in [6.45, 7) is 1.95. The monoisotopic (exact) mass is 398 g/mol. The number of carbonyl (C=O) groups is 3. The molecule has 2 fully saturated rings. The van der Waals surface area contributed by atoms with E-state index in [1.165, 1.54) is 18.4 Å². The van der Waals surface area contributed by atoms with Crippen molar-refractivity contribution in [2.45, 2.75) is 24.9 Å². The van der Waals surface area contributed by atoms with E-state index < -0.39 is 29.4 Å². The quantitative estimate of drug-likeness (QED) is 0.617. The van der Waals surface area contributed by atoms with E-state index in [9.17, 15) is 14.4 Å². The Morgan fingerprint density at radius 2 is 1.93 bits per heavy atom. The van der Waals surface area contributed by atoms with Crippen molar-refractivity contribution in [2.75, 3.05) is 13.7 Å². The van der Waals surface area contributed by atoms with Crippen molar-refractivity contribution in [1.29, 1.82) is 0 Å². The molecular formula is C21H22N2O4S. The number of amides is 2. The average molecular weight is 398 g/mol. The second-order valence-electron chi connectivity index (χ2n) is 7.23. The van der Waals surface area contributed by atoms with Gasteiger partial charge in [0, 0.05) is 18.3 Å². The maximum atomic E-state index is 13.2. The highest BCUT2D eigenvalue weighted by Crippen LogP contribution is 2.50. The second-order valence-corrected chi connectivity index (χ2v) is 8.21. The van der Waals surface area contributed by atoms with Crippen LogP contribution in [-0.2, 0) is 25.5 Å². The number of nitrogens with zero attached hydrogens (tertiary/aromatic N) is 1. The number of esters is 1. The minimum Gasteiger partial charge on any atom is -0.465 e. The maximum absolute atomic E-state index is 13.2. The molecule has 2 aliphatic rings. The van der Waals surface area contributed by atoms with E-state index in [0.717, 1.165) is 15.3 Å². The average Bonchev–Trinajstić information content (AvgIpc) is 3.38. The van der Waals surface area contributed by atoms with Gasteiger partial charge in [-0.25, -0.2) is 0 Å². The SMILES string of the molecule is CCOC(=O)[C@]1(Cc2ccccc2)N[C@H](c2cccs2)[C@@H]2C(=O)N(C)C(=O)[C@@H]21. The van der Waals surface area contributed by atoms with E-state index in [2.05, 4.69) is 5.32 Å². The molecule has 6 nitrogen and oxygen atoms in total. The molecule has 0 bridgehead atoms. The van der Waals surface area contributed by atoms with Crippen LogP contribution in [-0.4, -0.2) is 41.9 Å². The van der Waals surface area contributed by atoms with E-state index >= 15 is 0 Å². The smallest absolute Gasteiger partial charge is 0.327 e. The minimum absolute atomic E-state index is 0.204. The molecule has 2 aromatic rings. The van der Waals surface area contributed by atoms with Gasteiger partial charge < -0.3 is 4.74 Å². The number of hydrogen-bond donors (Lipinski definition) is 1. The zero-order valence-corrected chi connectivity index (χ0v) is 16.6. The van der Waals surface area contributed by atoms with Crippen molar-refractivity contribution in [1.82, 2.24) is 10.2 Å². The molecule has 4 rings (SSSR count). The summed E-state index contributed by atoms with van der Waals surface area (Å²) in [6.07, 6.45) is 0.280. The van der Waals surface area contributed by atoms with Crippen LogP contribution < -0.4 is 5.32 Å². The van der Waals surface area contributed by atoms with Gasteiger partial charge in [-0.1, -0.05) is 36.4 Å². The van der Waals surface area contributed by atoms with Gasteiger partial charge in [0.1, 0.15) is 5.54 Å². The van der Waals surface area contributed by atoms with Crippen molar-refractivity contribution in [3.8, 4) is 0 Å². The molecule has 3 heterocycles. The molecule has 4 atom stereocenters. The van der Waals surface area contributed by atoms with Gasteiger partial charge in [0.05, 0.1) is 24.5 Å². The summed E-state index contributed by atoms with van der Waals surface area (Å²) < 4.78 is 5.41. The van der Waals surface area contributed by atoms with Crippen molar-refractivity contribution in [2.24, 2.45) is 11.8 Å². The van der Waals surface area contributed by atoms with E-state index in [4.69, 9.17) is 4.74 Å². The van der Waals surface area contributed by atoms with Crippen molar-refractivity contribution in [3.63, 3.8) is 0 Å². The Balaban J connectivity index is 1.85. The normalized spacial score (nSPS) is 29.2. The fourth-order valence-electron chi connectivity index (χ4n) is 4.46. The molecule has 1 N–H and O–H groups in total. The lowest BCUT2D eigenvalue weighted by atomic mass is 9.76. The van der Waals surface area contributed by atoms with Crippen LogP contribution in [0.25, 0.3) is 0 Å². The molecule has 2 aliphatic heterocycles. The first-order valence-corrected chi connectivity index (χ1v) is 10.2. The van der Waals surface area contributed by atoms with Crippen LogP contribution in [0.15, 0.2) is 47.8 Å². The van der Waals surface area contributed by atoms with Gasteiger partial charge in [0.2, 0.25) is 11.8 Å². The van der Waals surface area contributed by atoms with Gasteiger partial charge in [-0.15, -0.1) is 11.3 Å². The molecule has 146 valence electrons. The van der Waals surface area contributed by atoms with Gasteiger partial charge in [-0.2, -0.15) is 0 Å². The van der Waals surface area contributed by atoms with Crippen molar-refractivity contribution in [3.05, 3.63) is 58.3 Å². The maximum Gasteiger partial charge on any atom is 0.327 e. The predicted octanol–water partition coefficient (Wildman–Crippen LogP) is 2.17. The fourth-order valence-corrected chi connectivity index (χ4v) is 5.28. The minimum atomic E-state index is -1.28. The fraction of sp³-hybridized carbons (Fsp3) is 0.381. The highest BCUT2D eigenvalue weighted by molar-refractivity contribution is 7.10. The molecule has 0 spiro atoms. The molecule has 0 saturated carbocycles. The van der Waals surface area contributed by atoms with Gasteiger partial charge in [-0.3, -0.25) is 24.6 Å².